The molecule has 4 aromatic rings. The summed E-state index contributed by atoms with van der Waals surface area (Å²) in [5.41, 5.74) is 8.75. The highest BCUT2D eigenvalue weighted by atomic mass is 16.5. The number of aromatic nitrogens is 4. The van der Waals surface area contributed by atoms with E-state index >= 15 is 0 Å². The maximum absolute atomic E-state index is 12.4. The molecule has 8 nitrogen and oxygen atoms in total. The first kappa shape index (κ1) is 16.5. The van der Waals surface area contributed by atoms with E-state index < -0.39 is 0 Å². The van der Waals surface area contributed by atoms with Crippen molar-refractivity contribution < 1.29 is 9.53 Å². The van der Waals surface area contributed by atoms with Crippen molar-refractivity contribution in [3.63, 3.8) is 0 Å². The Hall–Kier alpha value is -3.94. The average Bonchev–Trinajstić information content (AvgIpc) is 3.14. The number of benzene rings is 1. The Morgan fingerprint density at radius 2 is 1.93 bits per heavy atom. The Morgan fingerprint density at radius 1 is 1.11 bits per heavy atom. The van der Waals surface area contributed by atoms with Gasteiger partial charge in [-0.3, -0.25) is 4.79 Å². The number of fused-ring (bicyclic) bond motifs is 1. The molecule has 0 unspecified atom stereocenters. The van der Waals surface area contributed by atoms with Gasteiger partial charge < -0.3 is 20.2 Å². The summed E-state index contributed by atoms with van der Waals surface area (Å²) in [5, 5.41) is 2.75. The van der Waals surface area contributed by atoms with E-state index in [0.29, 0.717) is 28.6 Å². The molecular formula is C19H16N6O2. The van der Waals surface area contributed by atoms with Crippen LogP contribution >= 0.6 is 0 Å². The van der Waals surface area contributed by atoms with Crippen LogP contribution in [0, 0.1) is 0 Å². The second-order valence-corrected chi connectivity index (χ2v) is 5.77. The Labute approximate surface area is 154 Å². The van der Waals surface area contributed by atoms with Gasteiger partial charge in [0.15, 0.2) is 0 Å². The van der Waals surface area contributed by atoms with Gasteiger partial charge in [0, 0.05) is 35.8 Å². The fraction of sp³-hybridized carbons (Fsp3) is 0.0526. The van der Waals surface area contributed by atoms with E-state index in [1.54, 1.807) is 56.3 Å². The number of nitrogens with one attached hydrogen (secondary N) is 1. The summed E-state index contributed by atoms with van der Waals surface area (Å²) in [4.78, 5) is 25.1. The number of nitrogens with two attached hydrogens (primary N) is 1. The number of nitrogen functional groups attached to an aromatic ring is 1. The number of methoxy groups -OCH3 is 1. The topological polar surface area (TPSA) is 107 Å². The minimum Gasteiger partial charge on any atom is -0.497 e. The highest BCUT2D eigenvalue weighted by molar-refractivity contribution is 6.04. The van der Waals surface area contributed by atoms with Crippen molar-refractivity contribution in [2.24, 2.45) is 0 Å². The molecule has 0 radical (unpaired) electrons. The molecule has 0 fully saturated rings. The average molecular weight is 360 g/mol. The predicted molar refractivity (Wildman–Crippen MR) is 102 cm³/mol. The lowest BCUT2D eigenvalue weighted by atomic mass is 10.1. The van der Waals surface area contributed by atoms with Gasteiger partial charge in [-0.25, -0.2) is 15.0 Å². The van der Waals surface area contributed by atoms with Crippen LogP contribution in [0.5, 0.6) is 5.75 Å². The van der Waals surface area contributed by atoms with Gasteiger partial charge in [-0.2, -0.15) is 0 Å². The zero-order valence-electron chi connectivity index (χ0n) is 14.5. The first-order valence-corrected chi connectivity index (χ1v) is 8.14. The van der Waals surface area contributed by atoms with Crippen molar-refractivity contribution in [2.75, 3.05) is 18.2 Å². The summed E-state index contributed by atoms with van der Waals surface area (Å²) in [6.07, 6.45) is 6.65. The molecule has 3 aromatic heterocycles. The van der Waals surface area contributed by atoms with Gasteiger partial charge in [-0.05, 0) is 18.2 Å². The lowest BCUT2D eigenvalue weighted by Gasteiger charge is -2.07. The summed E-state index contributed by atoms with van der Waals surface area (Å²) < 4.78 is 6.94. The molecule has 0 aliphatic carbocycles. The van der Waals surface area contributed by atoms with Gasteiger partial charge in [0.05, 0.1) is 12.8 Å². The first-order valence-electron chi connectivity index (χ1n) is 8.14. The number of hydrogen-bond donors (Lipinski definition) is 2. The lowest BCUT2D eigenvalue weighted by Crippen LogP contribution is -2.12. The second-order valence-electron chi connectivity index (χ2n) is 5.77. The summed E-state index contributed by atoms with van der Waals surface area (Å²) in [7, 11) is 1.56. The van der Waals surface area contributed by atoms with Crippen molar-refractivity contribution in [1.29, 1.82) is 0 Å². The molecule has 0 aliphatic heterocycles. The summed E-state index contributed by atoms with van der Waals surface area (Å²) in [6.45, 7) is 0. The molecule has 0 saturated carbocycles. The van der Waals surface area contributed by atoms with E-state index in [-0.39, 0.29) is 5.91 Å². The molecule has 1 amide bonds. The van der Waals surface area contributed by atoms with Gasteiger partial charge in [-0.1, -0.05) is 12.1 Å². The maximum Gasteiger partial charge on any atom is 0.256 e. The summed E-state index contributed by atoms with van der Waals surface area (Å²) in [6, 6.07) is 10.5. The van der Waals surface area contributed by atoms with Crippen LogP contribution in [0.3, 0.4) is 0 Å². The zero-order valence-corrected chi connectivity index (χ0v) is 14.5. The van der Waals surface area contributed by atoms with Gasteiger partial charge in [-0.15, -0.1) is 0 Å². The van der Waals surface area contributed by atoms with E-state index in [0.717, 1.165) is 11.1 Å². The van der Waals surface area contributed by atoms with Crippen LogP contribution in [0.1, 0.15) is 10.4 Å². The van der Waals surface area contributed by atoms with Crippen LogP contribution in [0.15, 0.2) is 61.3 Å². The number of nitrogens with zero attached hydrogens (tertiary/aromatic N) is 4. The van der Waals surface area contributed by atoms with E-state index in [2.05, 4.69) is 20.3 Å². The number of carbonyl (C=O) groups is 1. The minimum atomic E-state index is -0.266. The monoisotopic (exact) mass is 360 g/mol. The van der Waals surface area contributed by atoms with Crippen LogP contribution in [0.4, 0.5) is 11.6 Å². The molecule has 0 aliphatic rings. The number of anilines is 2. The van der Waals surface area contributed by atoms with E-state index in [1.165, 1.54) is 0 Å². The molecule has 27 heavy (non-hydrogen) atoms. The van der Waals surface area contributed by atoms with E-state index in [9.17, 15) is 4.79 Å². The molecule has 3 heterocycles. The fourth-order valence-electron chi connectivity index (χ4n) is 2.76. The summed E-state index contributed by atoms with van der Waals surface area (Å²) >= 11 is 0. The zero-order chi connectivity index (χ0) is 18.8. The smallest absolute Gasteiger partial charge is 0.256 e. The van der Waals surface area contributed by atoms with E-state index in [1.807, 2.05) is 16.5 Å². The molecule has 0 atom stereocenters. The normalized spacial score (nSPS) is 10.7. The fourth-order valence-corrected chi connectivity index (χ4v) is 2.76. The predicted octanol–water partition coefficient (Wildman–Crippen LogP) is 2.63. The lowest BCUT2D eigenvalue weighted by molar-refractivity contribution is 0.102. The molecular weight excluding hydrogens is 344 g/mol. The van der Waals surface area contributed by atoms with Crippen molar-refractivity contribution in [1.82, 2.24) is 19.4 Å². The third-order valence-electron chi connectivity index (χ3n) is 4.11. The Bertz CT molecular complexity index is 1120. The molecule has 1 aromatic carbocycles. The number of pyridine rings is 1. The molecule has 134 valence electrons. The number of amides is 1. The van der Waals surface area contributed by atoms with E-state index in [4.69, 9.17) is 10.5 Å². The van der Waals surface area contributed by atoms with Gasteiger partial charge in [0.1, 0.15) is 29.2 Å². The molecule has 0 spiro atoms. The maximum atomic E-state index is 12.4. The third kappa shape index (κ3) is 3.15. The number of rotatable bonds is 4. The molecule has 3 N–H and O–H groups in total. The number of imidazole rings is 1. The quantitative estimate of drug-likeness (QED) is 0.579. The van der Waals surface area contributed by atoms with Crippen molar-refractivity contribution >= 4 is 23.1 Å². The van der Waals surface area contributed by atoms with Crippen molar-refractivity contribution in [3.8, 4) is 17.0 Å². The standard InChI is InChI=1S/C19H16N6O2/c1-27-14-6-7-21-15(10-14)24-19(26)13-4-2-12(3-5-13)16-17-18(20)22-8-9-25(17)11-23-16/h2-11H,1H3,(H2,20,22)(H,21,24,26). The molecule has 0 saturated heterocycles. The minimum absolute atomic E-state index is 0.266. The molecule has 8 heteroatoms. The number of carbonyl (C=O) groups excluding carboxylic acids is 1. The van der Waals surface area contributed by atoms with Crippen LogP contribution < -0.4 is 15.8 Å². The van der Waals surface area contributed by atoms with Crippen LogP contribution in [-0.2, 0) is 0 Å². The first-order chi connectivity index (χ1) is 13.2. The number of hydrogen-bond acceptors (Lipinski definition) is 6. The Kier molecular flexibility index (Phi) is 4.13. The largest absolute Gasteiger partial charge is 0.497 e. The second kappa shape index (κ2) is 6.75. The van der Waals surface area contributed by atoms with Crippen molar-refractivity contribution in [3.05, 3.63) is 66.9 Å². The Balaban J connectivity index is 1.59. The Morgan fingerprint density at radius 3 is 2.70 bits per heavy atom. The van der Waals surface area contributed by atoms with Crippen molar-refractivity contribution in [2.45, 2.75) is 0 Å². The highest BCUT2D eigenvalue weighted by Crippen LogP contribution is 2.26. The van der Waals surface area contributed by atoms with Gasteiger partial charge in [0.2, 0.25) is 0 Å². The highest BCUT2D eigenvalue weighted by Gasteiger charge is 2.12. The molecule has 4 rings (SSSR count). The SMILES string of the molecule is COc1ccnc(NC(=O)c2ccc(-c3ncn4ccnc(N)c34)cc2)c1. The van der Waals surface area contributed by atoms with Gasteiger partial charge in [0.25, 0.3) is 5.91 Å². The summed E-state index contributed by atoms with van der Waals surface area (Å²) in [5.74, 6) is 1.17. The third-order valence-corrected chi connectivity index (χ3v) is 4.11. The van der Waals surface area contributed by atoms with Crippen LogP contribution in [-0.4, -0.2) is 32.4 Å². The van der Waals surface area contributed by atoms with Gasteiger partial charge >= 0.3 is 0 Å². The van der Waals surface area contributed by atoms with Crippen LogP contribution in [0.25, 0.3) is 16.8 Å². The number of ether oxygens (including phenoxy) is 1. The molecule has 0 bridgehead atoms. The van der Waals surface area contributed by atoms with Crippen LogP contribution in [0.2, 0.25) is 0 Å².